The standard InChI is InChI=1S/C23H28O11/c1-21-8-13(25)12-7-23(21,33-19-17(28)16(27)15(26)14(9-24)32-19)22(12,20(30)34-21)10-31-18(29)11-5-3-2-4-6-11/h2-6,12-17,19,24-28H,7-10H2,1H3/t12-,13-,14+,15+,16-,17+,19-,21-,22-,23+/m1/s1. The molecule has 0 spiro atoms. The number of ether oxygens (including phenoxy) is 4. The summed E-state index contributed by atoms with van der Waals surface area (Å²) >= 11 is 0. The van der Waals surface area contributed by atoms with Gasteiger partial charge < -0.3 is 44.5 Å². The summed E-state index contributed by atoms with van der Waals surface area (Å²) < 4.78 is 22.9. The van der Waals surface area contributed by atoms with Crippen molar-refractivity contribution in [2.75, 3.05) is 13.2 Å². The van der Waals surface area contributed by atoms with E-state index in [1.54, 1.807) is 37.3 Å². The van der Waals surface area contributed by atoms with Crippen molar-refractivity contribution in [2.45, 2.75) is 67.8 Å². The van der Waals surface area contributed by atoms with Crippen LogP contribution >= 0.6 is 0 Å². The van der Waals surface area contributed by atoms with E-state index < -0.39 is 84.5 Å². The Labute approximate surface area is 194 Å². The van der Waals surface area contributed by atoms with Crippen LogP contribution in [0.5, 0.6) is 0 Å². The van der Waals surface area contributed by atoms with Crippen molar-refractivity contribution in [3.05, 3.63) is 35.9 Å². The topological polar surface area (TPSA) is 172 Å². The third kappa shape index (κ3) is 2.95. The maximum absolute atomic E-state index is 13.2. The van der Waals surface area contributed by atoms with E-state index in [1.807, 2.05) is 0 Å². The highest BCUT2D eigenvalue weighted by Gasteiger charge is 2.88. The van der Waals surface area contributed by atoms with Gasteiger partial charge >= 0.3 is 11.9 Å². The fourth-order valence-corrected chi connectivity index (χ4v) is 6.19. The van der Waals surface area contributed by atoms with Gasteiger partial charge in [0.25, 0.3) is 0 Å². The average molecular weight is 480 g/mol. The SMILES string of the molecule is C[C@@]12C[C@@H](O)[C@H]3C[C@@]1(O[C@H]1O[C@@H](CO)[C@H](O)[C@@H](O)[C@@H]1O)[C@@]3(COC(=O)c1ccccc1)C(=O)O2. The highest BCUT2D eigenvalue weighted by molar-refractivity contribution is 5.90. The number of rotatable bonds is 6. The van der Waals surface area contributed by atoms with E-state index in [1.165, 1.54) is 0 Å². The van der Waals surface area contributed by atoms with Crippen molar-refractivity contribution in [3.8, 4) is 0 Å². The van der Waals surface area contributed by atoms with Crippen molar-refractivity contribution in [2.24, 2.45) is 11.3 Å². The Morgan fingerprint density at radius 3 is 2.47 bits per heavy atom. The lowest BCUT2D eigenvalue weighted by atomic mass is 9.40. The van der Waals surface area contributed by atoms with E-state index in [2.05, 4.69) is 0 Å². The minimum absolute atomic E-state index is 0.0508. The molecule has 6 rings (SSSR count). The van der Waals surface area contributed by atoms with Crippen molar-refractivity contribution in [1.29, 1.82) is 0 Å². The van der Waals surface area contributed by atoms with Crippen LogP contribution in [-0.2, 0) is 23.7 Å². The molecule has 1 aromatic carbocycles. The average Bonchev–Trinajstić information content (AvgIpc) is 2.88. The second-order valence-corrected chi connectivity index (χ2v) is 9.76. The van der Waals surface area contributed by atoms with E-state index in [9.17, 15) is 35.1 Å². The van der Waals surface area contributed by atoms with Gasteiger partial charge in [-0.2, -0.15) is 0 Å². The van der Waals surface area contributed by atoms with Crippen LogP contribution in [0, 0.1) is 11.3 Å². The van der Waals surface area contributed by atoms with Crippen LogP contribution in [0.2, 0.25) is 0 Å². The number of hydrogen-bond donors (Lipinski definition) is 5. The van der Waals surface area contributed by atoms with Crippen molar-refractivity contribution >= 4 is 11.9 Å². The number of aliphatic hydroxyl groups is 5. The first kappa shape index (κ1) is 23.6. The number of benzene rings is 1. The van der Waals surface area contributed by atoms with Gasteiger partial charge in [0.1, 0.15) is 47.6 Å². The highest BCUT2D eigenvalue weighted by atomic mass is 16.7. The molecule has 0 amide bonds. The minimum Gasteiger partial charge on any atom is -0.461 e. The summed E-state index contributed by atoms with van der Waals surface area (Å²) in [7, 11) is 0. The molecule has 0 radical (unpaired) electrons. The maximum Gasteiger partial charge on any atom is 0.338 e. The van der Waals surface area contributed by atoms with E-state index in [-0.39, 0.29) is 18.4 Å². The largest absolute Gasteiger partial charge is 0.461 e. The molecule has 0 unspecified atom stereocenters. The van der Waals surface area contributed by atoms with Crippen molar-refractivity contribution in [1.82, 2.24) is 0 Å². The lowest BCUT2D eigenvalue weighted by Gasteiger charge is -2.66. The fraction of sp³-hybridized carbons (Fsp3) is 0.652. The van der Waals surface area contributed by atoms with Crippen LogP contribution in [0.1, 0.15) is 30.1 Å². The molecule has 5 N–H and O–H groups in total. The van der Waals surface area contributed by atoms with Crippen molar-refractivity contribution in [3.63, 3.8) is 0 Å². The zero-order valence-electron chi connectivity index (χ0n) is 18.4. The summed E-state index contributed by atoms with van der Waals surface area (Å²) in [6, 6.07) is 8.20. The molecule has 3 aliphatic carbocycles. The zero-order chi connectivity index (χ0) is 24.5. The maximum atomic E-state index is 13.2. The zero-order valence-corrected chi connectivity index (χ0v) is 18.4. The van der Waals surface area contributed by atoms with Crippen molar-refractivity contribution < 1.29 is 54.1 Å². The second kappa shape index (κ2) is 7.95. The lowest BCUT2D eigenvalue weighted by molar-refractivity contribution is -0.394. The van der Waals surface area contributed by atoms with E-state index in [4.69, 9.17) is 18.9 Å². The minimum atomic E-state index is -1.69. The highest BCUT2D eigenvalue weighted by Crippen LogP contribution is 2.73. The first-order chi connectivity index (χ1) is 16.1. The normalized spacial score (nSPS) is 47.0. The van der Waals surface area contributed by atoms with Gasteiger partial charge in [0.2, 0.25) is 0 Å². The summed E-state index contributed by atoms with van der Waals surface area (Å²) in [5, 5.41) is 51.0. The number of aliphatic hydroxyl groups excluding tert-OH is 5. The molecule has 3 saturated carbocycles. The van der Waals surface area contributed by atoms with E-state index in [0.717, 1.165) is 0 Å². The summed E-state index contributed by atoms with van der Waals surface area (Å²) in [6.07, 6.45) is -8.41. The van der Waals surface area contributed by atoms with Gasteiger partial charge in [-0.1, -0.05) is 18.2 Å². The van der Waals surface area contributed by atoms with Crippen LogP contribution in [-0.4, -0.2) is 98.7 Å². The molecular formula is C23H28O11. The summed E-state index contributed by atoms with van der Waals surface area (Å²) in [6.45, 7) is 0.508. The van der Waals surface area contributed by atoms with Gasteiger partial charge in [-0.15, -0.1) is 0 Å². The first-order valence-electron chi connectivity index (χ1n) is 11.2. The van der Waals surface area contributed by atoms with Crippen LogP contribution in [0.15, 0.2) is 30.3 Å². The Hall–Kier alpha value is -2.12. The number of fused-ring (bicyclic) bond motifs is 1. The Bertz CT molecular complexity index is 969. The van der Waals surface area contributed by atoms with Crippen LogP contribution in [0.3, 0.4) is 0 Å². The van der Waals surface area contributed by atoms with Gasteiger partial charge in [-0.25, -0.2) is 4.79 Å². The van der Waals surface area contributed by atoms with Gasteiger partial charge in [0, 0.05) is 12.3 Å². The second-order valence-electron chi connectivity index (χ2n) is 9.76. The summed E-state index contributed by atoms with van der Waals surface area (Å²) in [4.78, 5) is 25.9. The molecule has 5 fully saturated rings. The molecule has 11 nitrogen and oxygen atoms in total. The summed E-state index contributed by atoms with van der Waals surface area (Å²) in [5.74, 6) is -2.00. The van der Waals surface area contributed by atoms with Gasteiger partial charge in [0.15, 0.2) is 6.29 Å². The number of carbonyl (C=O) groups is 2. The number of hydrogen-bond acceptors (Lipinski definition) is 11. The Balaban J connectivity index is 1.46. The molecule has 0 aromatic heterocycles. The first-order valence-corrected chi connectivity index (χ1v) is 11.2. The third-order valence-corrected chi connectivity index (χ3v) is 8.07. The Morgan fingerprint density at radius 1 is 1.09 bits per heavy atom. The third-order valence-electron chi connectivity index (χ3n) is 8.07. The molecule has 4 bridgehead atoms. The quantitative estimate of drug-likeness (QED) is 0.300. The molecule has 2 aliphatic heterocycles. The Morgan fingerprint density at radius 2 is 1.79 bits per heavy atom. The molecule has 11 heteroatoms. The van der Waals surface area contributed by atoms with Gasteiger partial charge in [0.05, 0.1) is 18.3 Å². The molecule has 2 saturated heterocycles. The molecular weight excluding hydrogens is 452 g/mol. The fourth-order valence-electron chi connectivity index (χ4n) is 6.19. The monoisotopic (exact) mass is 480 g/mol. The predicted molar refractivity (Wildman–Crippen MR) is 110 cm³/mol. The number of esters is 2. The van der Waals surface area contributed by atoms with E-state index >= 15 is 0 Å². The van der Waals surface area contributed by atoms with Crippen LogP contribution in [0.4, 0.5) is 0 Å². The molecule has 34 heavy (non-hydrogen) atoms. The number of carbonyl (C=O) groups excluding carboxylic acids is 2. The van der Waals surface area contributed by atoms with E-state index in [0.29, 0.717) is 0 Å². The lowest BCUT2D eigenvalue weighted by Crippen LogP contribution is -2.80. The molecule has 5 aliphatic rings. The smallest absolute Gasteiger partial charge is 0.338 e. The van der Waals surface area contributed by atoms with Crippen LogP contribution in [0.25, 0.3) is 0 Å². The predicted octanol–water partition coefficient (Wildman–Crippen LogP) is -1.51. The molecule has 10 atom stereocenters. The summed E-state index contributed by atoms with van der Waals surface area (Å²) in [5.41, 5.74) is -4.08. The van der Waals surface area contributed by atoms with Gasteiger partial charge in [-0.05, 0) is 25.5 Å². The molecule has 2 heterocycles. The molecule has 186 valence electrons. The van der Waals surface area contributed by atoms with Gasteiger partial charge in [-0.3, -0.25) is 4.79 Å². The van der Waals surface area contributed by atoms with Crippen LogP contribution < -0.4 is 0 Å². The molecule has 1 aromatic rings. The Kier molecular flexibility index (Phi) is 5.52.